The molecule has 0 atom stereocenters. The fourth-order valence-electron chi connectivity index (χ4n) is 2.89. The quantitative estimate of drug-likeness (QED) is 0.893. The predicted octanol–water partition coefficient (Wildman–Crippen LogP) is 2.57. The van der Waals surface area contributed by atoms with Crippen LogP contribution in [0.2, 0.25) is 0 Å². The van der Waals surface area contributed by atoms with Crippen LogP contribution in [0.25, 0.3) is 0 Å². The van der Waals surface area contributed by atoms with E-state index in [9.17, 15) is 13.6 Å². The molecule has 3 rings (SSSR count). The van der Waals surface area contributed by atoms with E-state index in [2.05, 4.69) is 15.5 Å². The minimum atomic E-state index is -0.617. The number of aromatic amines is 1. The summed E-state index contributed by atoms with van der Waals surface area (Å²) in [6.45, 7) is 4.75. The summed E-state index contributed by atoms with van der Waals surface area (Å²) < 4.78 is 27.1. The van der Waals surface area contributed by atoms with Crippen LogP contribution >= 0.6 is 0 Å². The Bertz CT molecular complexity index is 737. The third-order valence-electron chi connectivity index (χ3n) is 4.23. The maximum Gasteiger partial charge on any atom is 0.317 e. The van der Waals surface area contributed by atoms with Gasteiger partial charge >= 0.3 is 6.03 Å². The van der Waals surface area contributed by atoms with Crippen LogP contribution in [0.3, 0.4) is 0 Å². The Morgan fingerprint density at radius 1 is 1.39 bits per heavy atom. The predicted molar refractivity (Wildman–Crippen MR) is 80.8 cm³/mol. The minimum absolute atomic E-state index is 0.208. The lowest BCUT2D eigenvalue weighted by atomic mass is 9.99. The highest BCUT2D eigenvalue weighted by Crippen LogP contribution is 2.23. The van der Waals surface area contributed by atoms with E-state index in [1.807, 2.05) is 13.8 Å². The Morgan fingerprint density at radius 2 is 2.17 bits per heavy atom. The summed E-state index contributed by atoms with van der Waals surface area (Å²) in [7, 11) is 0. The Balaban J connectivity index is 1.67. The summed E-state index contributed by atoms with van der Waals surface area (Å²) in [5.41, 5.74) is 3.73. The van der Waals surface area contributed by atoms with Gasteiger partial charge < -0.3 is 10.2 Å². The molecule has 0 bridgehead atoms. The molecule has 0 saturated carbocycles. The smallest absolute Gasteiger partial charge is 0.317 e. The second kappa shape index (κ2) is 5.98. The molecule has 0 radical (unpaired) electrons. The summed E-state index contributed by atoms with van der Waals surface area (Å²) >= 11 is 0. The lowest BCUT2D eigenvalue weighted by molar-refractivity contribution is 0.191. The van der Waals surface area contributed by atoms with Crippen molar-refractivity contribution in [3.05, 3.63) is 51.8 Å². The van der Waals surface area contributed by atoms with Gasteiger partial charge in [-0.2, -0.15) is 5.10 Å². The summed E-state index contributed by atoms with van der Waals surface area (Å²) in [6, 6.07) is 1.93. The average molecular weight is 320 g/mol. The second-order valence-corrected chi connectivity index (χ2v) is 5.77. The molecule has 0 spiro atoms. The molecule has 122 valence electrons. The number of carbonyl (C=O) groups excluding carboxylic acids is 1. The molecule has 0 aliphatic carbocycles. The van der Waals surface area contributed by atoms with Crippen LogP contribution < -0.4 is 5.32 Å². The molecule has 1 aliphatic rings. The van der Waals surface area contributed by atoms with E-state index in [0.29, 0.717) is 30.6 Å². The second-order valence-electron chi connectivity index (χ2n) is 5.77. The van der Waals surface area contributed by atoms with Crippen LogP contribution in [0.1, 0.15) is 28.1 Å². The summed E-state index contributed by atoms with van der Waals surface area (Å²) in [5.74, 6) is -1.15. The number of nitrogens with one attached hydrogen (secondary N) is 2. The molecular weight excluding hydrogens is 302 g/mol. The topological polar surface area (TPSA) is 61.0 Å². The summed E-state index contributed by atoms with van der Waals surface area (Å²) in [5, 5.41) is 9.79. The molecule has 1 aliphatic heterocycles. The van der Waals surface area contributed by atoms with Crippen molar-refractivity contribution in [1.82, 2.24) is 20.4 Å². The van der Waals surface area contributed by atoms with E-state index < -0.39 is 11.6 Å². The number of hydrogen-bond acceptors (Lipinski definition) is 2. The molecule has 7 heteroatoms. The monoisotopic (exact) mass is 320 g/mol. The van der Waals surface area contributed by atoms with Gasteiger partial charge in [-0.15, -0.1) is 0 Å². The average Bonchev–Trinajstić information content (AvgIpc) is 2.83. The van der Waals surface area contributed by atoms with Crippen molar-refractivity contribution in [2.24, 2.45) is 0 Å². The van der Waals surface area contributed by atoms with Crippen LogP contribution in [0.5, 0.6) is 0 Å². The number of aryl methyl sites for hydroxylation is 2. The van der Waals surface area contributed by atoms with Crippen LogP contribution in [0.15, 0.2) is 12.1 Å². The zero-order valence-corrected chi connectivity index (χ0v) is 13.0. The molecule has 2 amide bonds. The van der Waals surface area contributed by atoms with Gasteiger partial charge in [-0.25, -0.2) is 13.6 Å². The maximum atomic E-state index is 13.7. The number of aromatic nitrogens is 2. The number of amides is 2. The molecule has 0 unspecified atom stereocenters. The Hall–Kier alpha value is -2.44. The summed E-state index contributed by atoms with van der Waals surface area (Å²) in [4.78, 5) is 13.9. The number of benzene rings is 1. The third kappa shape index (κ3) is 3.04. The van der Waals surface area contributed by atoms with Crippen molar-refractivity contribution in [1.29, 1.82) is 0 Å². The van der Waals surface area contributed by atoms with Gasteiger partial charge in [0.05, 0.1) is 5.69 Å². The molecule has 2 heterocycles. The molecule has 1 aromatic heterocycles. The normalized spacial score (nSPS) is 13.8. The van der Waals surface area contributed by atoms with Gasteiger partial charge in [-0.3, -0.25) is 5.10 Å². The molecule has 23 heavy (non-hydrogen) atoms. The Labute approximate surface area is 132 Å². The number of rotatable bonds is 2. The highest BCUT2D eigenvalue weighted by molar-refractivity contribution is 5.74. The molecule has 5 nitrogen and oxygen atoms in total. The number of carbonyl (C=O) groups is 1. The number of H-pyrrole nitrogens is 1. The van der Waals surface area contributed by atoms with E-state index in [0.717, 1.165) is 23.0 Å². The maximum absolute atomic E-state index is 13.7. The largest absolute Gasteiger partial charge is 0.334 e. The third-order valence-corrected chi connectivity index (χ3v) is 4.23. The van der Waals surface area contributed by atoms with Crippen molar-refractivity contribution >= 4 is 6.03 Å². The molecule has 0 fully saturated rings. The fraction of sp³-hybridized carbons (Fsp3) is 0.375. The van der Waals surface area contributed by atoms with Gasteiger partial charge in [0.2, 0.25) is 0 Å². The van der Waals surface area contributed by atoms with Gasteiger partial charge in [0.15, 0.2) is 0 Å². The number of hydrogen-bond donors (Lipinski definition) is 2. The zero-order chi connectivity index (χ0) is 16.6. The first kappa shape index (κ1) is 15.5. The molecule has 1 aromatic carbocycles. The highest BCUT2D eigenvalue weighted by Gasteiger charge is 2.23. The number of nitrogens with zero attached hydrogens (tertiary/aromatic N) is 2. The van der Waals surface area contributed by atoms with Gasteiger partial charge in [-0.1, -0.05) is 0 Å². The van der Waals surface area contributed by atoms with Crippen LogP contribution in [0, 0.1) is 25.5 Å². The Morgan fingerprint density at radius 3 is 2.87 bits per heavy atom. The highest BCUT2D eigenvalue weighted by atomic mass is 19.1. The number of urea groups is 1. The lowest BCUT2D eigenvalue weighted by Crippen LogP contribution is -2.42. The van der Waals surface area contributed by atoms with Gasteiger partial charge in [0, 0.05) is 37.0 Å². The van der Waals surface area contributed by atoms with Gasteiger partial charge in [0.25, 0.3) is 0 Å². The van der Waals surface area contributed by atoms with Crippen LogP contribution in [-0.2, 0) is 19.5 Å². The van der Waals surface area contributed by atoms with Crippen LogP contribution in [0.4, 0.5) is 13.6 Å². The van der Waals surface area contributed by atoms with Crippen molar-refractivity contribution in [2.75, 3.05) is 6.54 Å². The molecule has 2 aromatic rings. The Kier molecular flexibility index (Phi) is 4.02. The standard InChI is InChI=1S/C16H18F2N4O/c1-9-14(10(2)21-20-9)7-19-16(23)22-4-3-13-11(8-22)5-12(17)6-15(13)18/h5-6H,3-4,7-8H2,1-2H3,(H,19,23)(H,20,21). The van der Waals surface area contributed by atoms with Crippen molar-refractivity contribution in [2.45, 2.75) is 33.4 Å². The minimum Gasteiger partial charge on any atom is -0.334 e. The van der Waals surface area contributed by atoms with Crippen molar-refractivity contribution < 1.29 is 13.6 Å². The first-order valence-corrected chi connectivity index (χ1v) is 7.45. The molecule has 2 N–H and O–H groups in total. The SMILES string of the molecule is Cc1n[nH]c(C)c1CNC(=O)N1CCc2c(F)cc(F)cc2C1. The molecular formula is C16H18F2N4O. The van der Waals surface area contributed by atoms with Gasteiger partial charge in [0.1, 0.15) is 11.6 Å². The summed E-state index contributed by atoms with van der Waals surface area (Å²) in [6.07, 6.45) is 0.388. The lowest BCUT2D eigenvalue weighted by Gasteiger charge is -2.29. The first-order valence-electron chi connectivity index (χ1n) is 7.45. The fourth-order valence-corrected chi connectivity index (χ4v) is 2.89. The van der Waals surface area contributed by atoms with E-state index >= 15 is 0 Å². The van der Waals surface area contributed by atoms with Crippen molar-refractivity contribution in [3.63, 3.8) is 0 Å². The molecule has 0 saturated heterocycles. The van der Waals surface area contributed by atoms with Crippen LogP contribution in [-0.4, -0.2) is 27.7 Å². The van der Waals surface area contributed by atoms with E-state index in [4.69, 9.17) is 0 Å². The van der Waals surface area contributed by atoms with Crippen molar-refractivity contribution in [3.8, 4) is 0 Å². The van der Waals surface area contributed by atoms with E-state index in [-0.39, 0.29) is 12.6 Å². The first-order chi connectivity index (χ1) is 11.0. The van der Waals surface area contributed by atoms with E-state index in [1.165, 1.54) is 6.07 Å². The van der Waals surface area contributed by atoms with E-state index in [1.54, 1.807) is 4.90 Å². The number of halogens is 2. The zero-order valence-electron chi connectivity index (χ0n) is 13.0. The number of fused-ring (bicyclic) bond motifs is 1. The van der Waals surface area contributed by atoms with Gasteiger partial charge in [-0.05, 0) is 37.5 Å².